The van der Waals surface area contributed by atoms with Crippen molar-refractivity contribution in [3.05, 3.63) is 98.0 Å². The number of nitrogen functional groups attached to an aromatic ring is 1. The largest absolute Gasteiger partial charge is 0.384 e. The highest BCUT2D eigenvalue weighted by molar-refractivity contribution is 7.99. The second-order valence-corrected chi connectivity index (χ2v) is 9.09. The maximum absolute atomic E-state index is 13.2. The van der Waals surface area contributed by atoms with Crippen molar-refractivity contribution in [3.63, 3.8) is 0 Å². The maximum Gasteiger partial charge on any atom is 0.332 e. The summed E-state index contributed by atoms with van der Waals surface area (Å²) < 4.78 is 4.11. The molecule has 0 aliphatic carbocycles. The third-order valence-electron chi connectivity index (χ3n) is 5.71. The average Bonchev–Trinajstić information content (AvgIpc) is 3.30. The Morgan fingerprint density at radius 3 is 2.49 bits per heavy atom. The monoisotopic (exact) mass is 490 g/mol. The van der Waals surface area contributed by atoms with Gasteiger partial charge in [-0.3, -0.25) is 23.3 Å². The zero-order valence-electron chi connectivity index (χ0n) is 19.8. The summed E-state index contributed by atoms with van der Waals surface area (Å²) in [7, 11) is 0. The minimum absolute atomic E-state index is 0.0870. The average molecular weight is 491 g/mol. The van der Waals surface area contributed by atoms with Gasteiger partial charge in [0.1, 0.15) is 17.7 Å². The van der Waals surface area contributed by atoms with Crippen LogP contribution in [0, 0.1) is 13.8 Å². The summed E-state index contributed by atoms with van der Waals surface area (Å²) in [6, 6.07) is 15.3. The van der Waals surface area contributed by atoms with Crippen LogP contribution in [-0.4, -0.2) is 35.4 Å². The Balaban J connectivity index is 1.66. The van der Waals surface area contributed by atoms with Crippen molar-refractivity contribution in [2.75, 3.05) is 11.5 Å². The Labute approximate surface area is 206 Å². The Morgan fingerprint density at radius 1 is 1.06 bits per heavy atom. The molecule has 4 aromatic rings. The van der Waals surface area contributed by atoms with Crippen LogP contribution in [0.4, 0.5) is 5.82 Å². The number of carbonyl (C=O) groups is 1. The molecular weight excluding hydrogens is 464 g/mol. The summed E-state index contributed by atoms with van der Waals surface area (Å²) in [5.41, 5.74) is 8.75. The minimum Gasteiger partial charge on any atom is -0.384 e. The lowest BCUT2D eigenvalue weighted by atomic mass is 10.1. The van der Waals surface area contributed by atoms with E-state index < -0.39 is 17.0 Å². The van der Waals surface area contributed by atoms with Gasteiger partial charge < -0.3 is 5.73 Å². The van der Waals surface area contributed by atoms with Crippen molar-refractivity contribution in [2.45, 2.75) is 39.0 Å². The number of Topliss-reactive ketones (excluding diaryl/α,β-unsaturated/α-hetero) is 1. The molecule has 2 N–H and O–H groups in total. The van der Waals surface area contributed by atoms with Crippen LogP contribution in [0.1, 0.15) is 34.0 Å². The molecule has 0 amide bonds. The fourth-order valence-corrected chi connectivity index (χ4v) is 4.73. The first-order chi connectivity index (χ1) is 16.8. The highest BCUT2D eigenvalue weighted by Crippen LogP contribution is 2.23. The van der Waals surface area contributed by atoms with Crippen molar-refractivity contribution < 1.29 is 4.79 Å². The molecule has 2 aromatic heterocycles. The molecule has 0 saturated heterocycles. The van der Waals surface area contributed by atoms with Crippen molar-refractivity contribution in [2.24, 2.45) is 0 Å². The van der Waals surface area contributed by atoms with E-state index in [9.17, 15) is 14.4 Å². The molecule has 2 heterocycles. The van der Waals surface area contributed by atoms with Crippen LogP contribution in [-0.2, 0) is 13.1 Å². The zero-order chi connectivity index (χ0) is 25.1. The second kappa shape index (κ2) is 10.1. The molecule has 0 bridgehead atoms. The molecule has 0 aliphatic heterocycles. The number of hydrogen-bond donors (Lipinski definition) is 1. The van der Waals surface area contributed by atoms with Gasteiger partial charge in [0.15, 0.2) is 10.9 Å². The molecular formula is C25H26N6O3S. The third-order valence-corrected chi connectivity index (χ3v) is 6.65. The number of aryl methyl sites for hydroxylation is 2. The van der Waals surface area contributed by atoms with Crippen LogP contribution in [0.5, 0.6) is 0 Å². The molecule has 9 nitrogen and oxygen atoms in total. The molecule has 0 radical (unpaired) electrons. The Morgan fingerprint density at radius 2 is 1.80 bits per heavy atom. The standard InChI is InChI=1S/C25H26N6O3S/c1-4-29-23(33)21(22(26)30(25(29)34)13-18-8-6-5-7-9-18)20(32)14-35-24-28-27-15-31(24)19-11-10-16(2)12-17(19)3/h5-12,15H,4,13-14,26H2,1-3H3. The van der Waals surface area contributed by atoms with Gasteiger partial charge in [0, 0.05) is 6.54 Å². The molecule has 35 heavy (non-hydrogen) atoms. The van der Waals surface area contributed by atoms with Gasteiger partial charge in [-0.25, -0.2) is 4.79 Å². The predicted octanol–water partition coefficient (Wildman–Crippen LogP) is 2.83. The molecule has 180 valence electrons. The lowest BCUT2D eigenvalue weighted by Crippen LogP contribution is -2.44. The number of rotatable bonds is 8. The van der Waals surface area contributed by atoms with Crippen molar-refractivity contribution in [1.82, 2.24) is 23.9 Å². The van der Waals surface area contributed by atoms with Crippen LogP contribution >= 0.6 is 11.8 Å². The summed E-state index contributed by atoms with van der Waals surface area (Å²) in [6.45, 7) is 5.97. The van der Waals surface area contributed by atoms with Crippen molar-refractivity contribution in [1.29, 1.82) is 0 Å². The molecule has 4 rings (SSSR count). The Bertz CT molecular complexity index is 1500. The molecule has 10 heteroatoms. The summed E-state index contributed by atoms with van der Waals surface area (Å²) in [5.74, 6) is -0.692. The number of carbonyl (C=O) groups excluding carboxylic acids is 1. The molecule has 0 fully saturated rings. The van der Waals surface area contributed by atoms with Gasteiger partial charge in [0.2, 0.25) is 0 Å². The van der Waals surface area contributed by atoms with Crippen LogP contribution in [0.3, 0.4) is 0 Å². The van der Waals surface area contributed by atoms with Gasteiger partial charge in [0.05, 0.1) is 18.0 Å². The fourth-order valence-electron chi connectivity index (χ4n) is 3.94. The SMILES string of the molecule is CCn1c(=O)c(C(=O)CSc2nncn2-c2ccc(C)cc2C)c(N)n(Cc2ccccc2)c1=O. The molecule has 0 spiro atoms. The summed E-state index contributed by atoms with van der Waals surface area (Å²) in [4.78, 5) is 39.2. The highest BCUT2D eigenvalue weighted by atomic mass is 32.2. The highest BCUT2D eigenvalue weighted by Gasteiger charge is 2.23. The quantitative estimate of drug-likeness (QED) is 0.298. The van der Waals surface area contributed by atoms with E-state index >= 15 is 0 Å². The van der Waals surface area contributed by atoms with Gasteiger partial charge in [-0.1, -0.05) is 59.8 Å². The Kier molecular flexibility index (Phi) is 7.02. The molecule has 0 unspecified atom stereocenters. The first-order valence-electron chi connectivity index (χ1n) is 11.1. The normalized spacial score (nSPS) is 11.1. The predicted molar refractivity (Wildman–Crippen MR) is 136 cm³/mol. The van der Waals surface area contributed by atoms with Crippen molar-refractivity contribution in [3.8, 4) is 5.69 Å². The van der Waals surface area contributed by atoms with E-state index in [0.717, 1.165) is 38.7 Å². The lowest BCUT2D eigenvalue weighted by Gasteiger charge is -2.16. The van der Waals surface area contributed by atoms with Crippen LogP contribution in [0.15, 0.2) is 69.6 Å². The topological polar surface area (TPSA) is 118 Å². The number of aromatic nitrogens is 5. The number of thioether (sulfide) groups is 1. The second-order valence-electron chi connectivity index (χ2n) is 8.15. The smallest absolute Gasteiger partial charge is 0.332 e. The number of benzene rings is 2. The van der Waals surface area contributed by atoms with Gasteiger partial charge in [-0.15, -0.1) is 10.2 Å². The zero-order valence-corrected chi connectivity index (χ0v) is 20.6. The van der Waals surface area contributed by atoms with Gasteiger partial charge in [-0.2, -0.15) is 0 Å². The first-order valence-corrected chi connectivity index (χ1v) is 12.1. The van der Waals surface area contributed by atoms with E-state index in [0.29, 0.717) is 5.16 Å². The van der Waals surface area contributed by atoms with E-state index in [4.69, 9.17) is 5.73 Å². The number of nitrogens with two attached hydrogens (primary N) is 1. The Hall–Kier alpha value is -3.92. The molecule has 0 atom stereocenters. The number of ketones is 1. The van der Waals surface area contributed by atoms with Crippen LogP contribution in [0.2, 0.25) is 0 Å². The van der Waals surface area contributed by atoms with E-state index in [-0.39, 0.29) is 30.2 Å². The third kappa shape index (κ3) is 4.83. The van der Waals surface area contributed by atoms with E-state index in [1.54, 1.807) is 17.8 Å². The van der Waals surface area contributed by atoms with E-state index in [2.05, 4.69) is 16.3 Å². The van der Waals surface area contributed by atoms with Gasteiger partial charge >= 0.3 is 5.69 Å². The van der Waals surface area contributed by atoms with Crippen LogP contribution in [0.25, 0.3) is 5.69 Å². The molecule has 0 saturated carbocycles. The summed E-state index contributed by atoms with van der Waals surface area (Å²) in [5, 5.41) is 8.65. The number of nitrogens with zero attached hydrogens (tertiary/aromatic N) is 5. The van der Waals surface area contributed by atoms with E-state index in [1.807, 2.05) is 56.3 Å². The van der Waals surface area contributed by atoms with Crippen LogP contribution < -0.4 is 17.0 Å². The molecule has 2 aromatic carbocycles. The summed E-state index contributed by atoms with van der Waals surface area (Å²) >= 11 is 1.16. The van der Waals surface area contributed by atoms with Gasteiger partial charge in [-0.05, 0) is 38.0 Å². The maximum atomic E-state index is 13.2. The number of hydrogen-bond acceptors (Lipinski definition) is 7. The number of anilines is 1. The summed E-state index contributed by atoms with van der Waals surface area (Å²) in [6.07, 6.45) is 1.59. The van der Waals surface area contributed by atoms with Crippen molar-refractivity contribution >= 4 is 23.4 Å². The van der Waals surface area contributed by atoms with Gasteiger partial charge in [0.25, 0.3) is 5.56 Å². The minimum atomic E-state index is -0.680. The van der Waals surface area contributed by atoms with E-state index in [1.165, 1.54) is 4.57 Å². The first kappa shape index (κ1) is 24.2. The lowest BCUT2D eigenvalue weighted by molar-refractivity contribution is 0.102. The molecule has 0 aliphatic rings. The fraction of sp³-hybridized carbons (Fsp3) is 0.240.